The van der Waals surface area contributed by atoms with Gasteiger partial charge in [-0.05, 0) is 71.7 Å². The van der Waals surface area contributed by atoms with Gasteiger partial charge in [-0.3, -0.25) is 19.7 Å². The highest BCUT2D eigenvalue weighted by atomic mass is 19.3. The predicted octanol–water partition coefficient (Wildman–Crippen LogP) is 6.47. The maximum absolute atomic E-state index is 13.0. The minimum atomic E-state index is -2.92. The van der Waals surface area contributed by atoms with Crippen molar-refractivity contribution in [3.8, 4) is 5.75 Å². The van der Waals surface area contributed by atoms with E-state index >= 15 is 0 Å². The second-order valence-electron chi connectivity index (χ2n) is 8.28. The zero-order valence-electron chi connectivity index (χ0n) is 19.6. The highest BCUT2D eigenvalue weighted by molar-refractivity contribution is 6.07. The number of rotatable bonds is 10. The molecule has 0 fully saturated rings. The van der Waals surface area contributed by atoms with Crippen LogP contribution in [0.3, 0.4) is 0 Å². The fourth-order valence-electron chi connectivity index (χ4n) is 3.61. The second-order valence-corrected chi connectivity index (χ2v) is 8.28. The highest BCUT2D eigenvalue weighted by Gasteiger charge is 2.24. The van der Waals surface area contributed by atoms with E-state index in [-0.39, 0.29) is 29.0 Å². The first kappa shape index (κ1) is 26.2. The Labute approximate surface area is 206 Å². The van der Waals surface area contributed by atoms with Gasteiger partial charge in [0.1, 0.15) is 5.75 Å². The molecule has 0 saturated carbocycles. The number of benzene rings is 3. The van der Waals surface area contributed by atoms with E-state index in [2.05, 4.69) is 10.1 Å². The van der Waals surface area contributed by atoms with Gasteiger partial charge in [0.05, 0.1) is 10.8 Å². The quantitative estimate of drug-likeness (QED) is 0.151. The Balaban J connectivity index is 1.65. The molecule has 186 valence electrons. The number of carbonyl (C=O) groups excluding carboxylic acids is 2. The van der Waals surface area contributed by atoms with Gasteiger partial charge in [-0.15, -0.1) is 0 Å². The van der Waals surface area contributed by atoms with Gasteiger partial charge in [0.15, 0.2) is 5.78 Å². The van der Waals surface area contributed by atoms with Gasteiger partial charge >= 0.3 is 6.61 Å². The zero-order valence-corrected chi connectivity index (χ0v) is 19.6. The molecule has 0 bridgehead atoms. The first-order valence-electron chi connectivity index (χ1n) is 11.1. The molecule has 0 aliphatic heterocycles. The summed E-state index contributed by atoms with van der Waals surface area (Å²) in [5.41, 5.74) is 2.17. The molecule has 0 radical (unpaired) electrons. The summed E-state index contributed by atoms with van der Waals surface area (Å²) in [4.78, 5) is 35.7. The Bertz CT molecular complexity index is 1240. The lowest BCUT2D eigenvalue weighted by Crippen LogP contribution is -2.25. The van der Waals surface area contributed by atoms with Crippen molar-refractivity contribution in [1.82, 2.24) is 0 Å². The second kappa shape index (κ2) is 11.8. The van der Waals surface area contributed by atoms with Gasteiger partial charge in [-0.2, -0.15) is 8.78 Å². The molecule has 1 N–H and O–H groups in total. The Morgan fingerprint density at radius 2 is 1.56 bits per heavy atom. The Kier molecular flexibility index (Phi) is 8.61. The zero-order chi connectivity index (χ0) is 26.2. The third-order valence-corrected chi connectivity index (χ3v) is 5.38. The van der Waals surface area contributed by atoms with Crippen molar-refractivity contribution in [2.24, 2.45) is 5.92 Å². The molecule has 3 aromatic rings. The molecule has 0 aliphatic carbocycles. The number of alkyl halides is 2. The molecule has 0 spiro atoms. The molecule has 9 heteroatoms. The lowest BCUT2D eigenvalue weighted by atomic mass is 9.87. The Morgan fingerprint density at radius 1 is 0.944 bits per heavy atom. The maximum Gasteiger partial charge on any atom is 0.387 e. The summed E-state index contributed by atoms with van der Waals surface area (Å²) in [7, 11) is 0. The number of allylic oxidation sites excluding steroid dienone is 1. The fourth-order valence-corrected chi connectivity index (χ4v) is 3.61. The van der Waals surface area contributed by atoms with Crippen LogP contribution < -0.4 is 10.1 Å². The number of nitrogens with one attached hydrogen (secondary N) is 1. The summed E-state index contributed by atoms with van der Waals surface area (Å²) in [6, 6.07) is 18.2. The largest absolute Gasteiger partial charge is 0.435 e. The normalized spacial score (nSPS) is 12.1. The van der Waals surface area contributed by atoms with Crippen molar-refractivity contribution in [2.45, 2.75) is 26.4 Å². The minimum absolute atomic E-state index is 0.0135. The van der Waals surface area contributed by atoms with Crippen molar-refractivity contribution in [1.29, 1.82) is 0 Å². The number of halogens is 2. The van der Waals surface area contributed by atoms with Crippen molar-refractivity contribution < 1.29 is 28.0 Å². The molecule has 0 saturated heterocycles. The first-order chi connectivity index (χ1) is 17.1. The summed E-state index contributed by atoms with van der Waals surface area (Å²) >= 11 is 0. The Hall–Kier alpha value is -4.40. The van der Waals surface area contributed by atoms with E-state index in [0.29, 0.717) is 22.4 Å². The number of carbonyl (C=O) groups is 2. The number of nitro benzene ring substituents is 1. The molecule has 3 rings (SSSR count). The molecule has 1 unspecified atom stereocenters. The SMILES string of the molecule is CC(C)C(C(=O)Nc1ccc(C(=O)C=Cc2ccc([N+](=O)[O-])cc2)cc1)c1ccc(OC(F)F)cc1. The standard InChI is InChI=1S/C27H24F2N2O5/c1-17(2)25(20-8-14-23(15-9-20)36-27(28)29)26(33)30-21-10-6-19(7-11-21)24(32)16-5-18-3-12-22(13-4-18)31(34)35/h3-17,25,27H,1-2H3,(H,30,33). The van der Waals surface area contributed by atoms with Gasteiger partial charge in [-0.1, -0.05) is 32.1 Å². The molecule has 3 aromatic carbocycles. The molecule has 0 aliphatic rings. The predicted molar refractivity (Wildman–Crippen MR) is 132 cm³/mol. The lowest BCUT2D eigenvalue weighted by Gasteiger charge is -2.21. The molecule has 7 nitrogen and oxygen atoms in total. The number of anilines is 1. The molecule has 0 aromatic heterocycles. The maximum atomic E-state index is 13.0. The molecule has 1 atom stereocenters. The van der Waals surface area contributed by atoms with E-state index in [1.165, 1.54) is 30.3 Å². The summed E-state index contributed by atoms with van der Waals surface area (Å²) < 4.78 is 29.1. The molecular weight excluding hydrogens is 470 g/mol. The van der Waals surface area contributed by atoms with Crippen LogP contribution in [0.15, 0.2) is 78.9 Å². The number of ketones is 1. The summed E-state index contributed by atoms with van der Waals surface area (Å²) in [6.07, 6.45) is 2.93. The lowest BCUT2D eigenvalue weighted by molar-refractivity contribution is -0.384. The van der Waals surface area contributed by atoms with Crippen LogP contribution in [-0.4, -0.2) is 23.2 Å². The van der Waals surface area contributed by atoms with E-state index in [9.17, 15) is 28.5 Å². The van der Waals surface area contributed by atoms with E-state index < -0.39 is 17.5 Å². The number of amides is 1. The number of hydrogen-bond donors (Lipinski definition) is 1. The van der Waals surface area contributed by atoms with Crippen molar-refractivity contribution in [2.75, 3.05) is 5.32 Å². The molecule has 0 heterocycles. The fraction of sp³-hybridized carbons (Fsp3) is 0.185. The monoisotopic (exact) mass is 494 g/mol. The van der Waals surface area contributed by atoms with Crippen LogP contribution in [-0.2, 0) is 4.79 Å². The van der Waals surface area contributed by atoms with Crippen molar-refractivity contribution in [3.63, 3.8) is 0 Å². The smallest absolute Gasteiger partial charge is 0.387 e. The van der Waals surface area contributed by atoms with Crippen LogP contribution in [0.2, 0.25) is 0 Å². The summed E-state index contributed by atoms with van der Waals surface area (Å²) in [5.74, 6) is -1.13. The van der Waals surface area contributed by atoms with Crippen LogP contribution in [0.25, 0.3) is 6.08 Å². The third kappa shape index (κ3) is 7.05. The van der Waals surface area contributed by atoms with Crippen LogP contribution in [0.5, 0.6) is 5.75 Å². The van der Waals surface area contributed by atoms with E-state index in [4.69, 9.17) is 0 Å². The van der Waals surface area contributed by atoms with Crippen LogP contribution in [0, 0.1) is 16.0 Å². The third-order valence-electron chi connectivity index (χ3n) is 5.38. The molecule has 36 heavy (non-hydrogen) atoms. The van der Waals surface area contributed by atoms with Crippen LogP contribution in [0.4, 0.5) is 20.2 Å². The van der Waals surface area contributed by atoms with Gasteiger partial charge < -0.3 is 10.1 Å². The van der Waals surface area contributed by atoms with E-state index in [0.717, 1.165) is 0 Å². The van der Waals surface area contributed by atoms with Gasteiger partial charge in [0.25, 0.3) is 5.69 Å². The van der Waals surface area contributed by atoms with Gasteiger partial charge in [0, 0.05) is 23.4 Å². The number of nitro groups is 1. The van der Waals surface area contributed by atoms with E-state index in [1.54, 1.807) is 54.6 Å². The summed E-state index contributed by atoms with van der Waals surface area (Å²) in [6.45, 7) is 0.840. The molecular formula is C27H24F2N2O5. The highest BCUT2D eigenvalue weighted by Crippen LogP contribution is 2.28. The van der Waals surface area contributed by atoms with Gasteiger partial charge in [-0.25, -0.2) is 0 Å². The number of ether oxygens (including phenoxy) is 1. The summed E-state index contributed by atoms with van der Waals surface area (Å²) in [5, 5.41) is 13.6. The van der Waals surface area contributed by atoms with E-state index in [1.807, 2.05) is 13.8 Å². The Morgan fingerprint density at radius 3 is 2.08 bits per heavy atom. The topological polar surface area (TPSA) is 98.5 Å². The number of nitrogens with zero attached hydrogens (tertiary/aromatic N) is 1. The van der Waals surface area contributed by atoms with Crippen molar-refractivity contribution in [3.05, 3.63) is 106 Å². The minimum Gasteiger partial charge on any atom is -0.435 e. The van der Waals surface area contributed by atoms with Gasteiger partial charge in [0.2, 0.25) is 5.91 Å². The van der Waals surface area contributed by atoms with Crippen molar-refractivity contribution >= 4 is 29.1 Å². The van der Waals surface area contributed by atoms with Crippen LogP contribution >= 0.6 is 0 Å². The number of non-ortho nitro benzene ring substituents is 1. The average molecular weight is 494 g/mol. The average Bonchev–Trinajstić information content (AvgIpc) is 2.84. The molecule has 1 amide bonds. The number of hydrogen-bond acceptors (Lipinski definition) is 5. The van der Waals surface area contributed by atoms with Crippen LogP contribution in [0.1, 0.15) is 41.3 Å². The first-order valence-corrected chi connectivity index (χ1v) is 11.1.